The smallest absolute Gasteiger partial charge is 0.261 e. The highest BCUT2D eigenvalue weighted by Crippen LogP contribution is 2.48. The fraction of sp³-hybridized carbons (Fsp3) is 0.286. The van der Waals surface area contributed by atoms with Gasteiger partial charge in [-0.25, -0.2) is 0 Å². The van der Waals surface area contributed by atoms with Gasteiger partial charge < -0.3 is 0 Å². The molecule has 2 aliphatic rings. The molecule has 5 heteroatoms. The molecule has 3 rings (SSSR count). The number of fused-ring (bicyclic) bond motifs is 1. The maximum Gasteiger partial charge on any atom is 0.261 e. The molecule has 19 heavy (non-hydrogen) atoms. The molecular weight excluding hydrogens is 278 g/mol. The summed E-state index contributed by atoms with van der Waals surface area (Å²) < 4.78 is 0. The first-order chi connectivity index (χ1) is 9.09. The summed E-state index contributed by atoms with van der Waals surface area (Å²) in [6, 6.07) is 7.03. The van der Waals surface area contributed by atoms with Gasteiger partial charge in [-0.2, -0.15) is 0 Å². The van der Waals surface area contributed by atoms with Gasteiger partial charge in [0.05, 0.1) is 11.1 Å². The maximum absolute atomic E-state index is 12.3. The molecule has 2 amide bonds. The molecule has 1 saturated heterocycles. The maximum atomic E-state index is 12.3. The predicted molar refractivity (Wildman–Crippen MR) is 84.5 cm³/mol. The summed E-state index contributed by atoms with van der Waals surface area (Å²) in [5, 5.41) is 0.322. The van der Waals surface area contributed by atoms with Crippen LogP contribution in [0.3, 0.4) is 0 Å². The number of rotatable bonds is 2. The van der Waals surface area contributed by atoms with Gasteiger partial charge in [-0.1, -0.05) is 23.9 Å². The van der Waals surface area contributed by atoms with E-state index in [-0.39, 0.29) is 30.8 Å². The average molecular weight is 293 g/mol. The third-order valence-electron chi connectivity index (χ3n) is 3.61. The van der Waals surface area contributed by atoms with Crippen molar-refractivity contribution >= 4 is 42.6 Å². The summed E-state index contributed by atoms with van der Waals surface area (Å²) >= 11 is 0. The third kappa shape index (κ3) is 2.01. The van der Waals surface area contributed by atoms with E-state index in [9.17, 15) is 9.59 Å². The number of amides is 2. The predicted octanol–water partition coefficient (Wildman–Crippen LogP) is 2.37. The van der Waals surface area contributed by atoms with Crippen molar-refractivity contribution in [3.63, 3.8) is 0 Å². The average Bonchev–Trinajstić information content (AvgIpc) is 2.86. The number of imide groups is 1. The lowest BCUT2D eigenvalue weighted by Crippen LogP contribution is -2.35. The molecule has 1 aromatic rings. The Morgan fingerprint density at radius 3 is 2.21 bits per heavy atom. The van der Waals surface area contributed by atoms with Gasteiger partial charge in [-0.3, -0.25) is 14.5 Å². The normalized spacial score (nSPS) is 29.9. The Morgan fingerprint density at radius 1 is 1.16 bits per heavy atom. The molecule has 2 heterocycles. The fourth-order valence-corrected chi connectivity index (χ4v) is 7.03. The molecular formula is C14H15NO2S2. The number of carbonyl (C=O) groups excluding carboxylic acids is 2. The summed E-state index contributed by atoms with van der Waals surface area (Å²) in [5.74, 6) is 9.03. The topological polar surface area (TPSA) is 37.4 Å². The Morgan fingerprint density at radius 2 is 1.74 bits per heavy atom. The molecule has 0 aromatic heterocycles. The zero-order valence-corrected chi connectivity index (χ0v) is 12.1. The van der Waals surface area contributed by atoms with Crippen molar-refractivity contribution < 1.29 is 9.59 Å². The molecule has 3 unspecified atom stereocenters. The van der Waals surface area contributed by atoms with Gasteiger partial charge in [-0.15, -0.1) is 19.0 Å². The quantitative estimate of drug-likeness (QED) is 0.477. The van der Waals surface area contributed by atoms with Crippen LogP contribution in [-0.4, -0.2) is 46.0 Å². The standard InChI is InChI=1S/C14H15NO2S2/c1-18-8-7-10(19(18)2)9-15-13(16)11-5-3-4-6-12(11)14(15)17/h3-6,10H,1-2,7-9H2. The van der Waals surface area contributed by atoms with Crippen molar-refractivity contribution in [2.45, 2.75) is 11.7 Å². The van der Waals surface area contributed by atoms with Crippen LogP contribution in [-0.2, 0) is 0 Å². The number of carbonyl (C=O) groups is 2. The van der Waals surface area contributed by atoms with E-state index in [4.69, 9.17) is 0 Å². The van der Waals surface area contributed by atoms with Crippen LogP contribution in [0.5, 0.6) is 0 Å². The Bertz CT molecular complexity index is 589. The summed E-state index contributed by atoms with van der Waals surface area (Å²) in [4.78, 5) is 25.9. The highest BCUT2D eigenvalue weighted by Gasteiger charge is 2.37. The number of hydrogen-bond acceptors (Lipinski definition) is 2. The SMILES string of the molecule is C=S1CCC(CN2C(=O)c3ccccc3C2=O)S1=C. The zero-order valence-electron chi connectivity index (χ0n) is 10.5. The monoisotopic (exact) mass is 293 g/mol. The Labute approximate surface area is 116 Å². The zero-order chi connectivity index (χ0) is 13.6. The Balaban J connectivity index is 1.85. The number of nitrogens with zero attached hydrogens (tertiary/aromatic N) is 1. The molecule has 0 N–H and O–H groups in total. The van der Waals surface area contributed by atoms with Gasteiger partial charge in [0.2, 0.25) is 0 Å². The molecule has 0 bridgehead atoms. The number of hydrogen-bond donors (Lipinski definition) is 0. The van der Waals surface area contributed by atoms with Crippen molar-refractivity contribution in [2.24, 2.45) is 0 Å². The Kier molecular flexibility index (Phi) is 3.19. The van der Waals surface area contributed by atoms with Crippen LogP contribution in [0.2, 0.25) is 0 Å². The summed E-state index contributed by atoms with van der Waals surface area (Å²) in [5.41, 5.74) is 1.06. The van der Waals surface area contributed by atoms with Crippen molar-refractivity contribution in [2.75, 3.05) is 12.3 Å². The Hall–Kier alpha value is -1.20. The van der Waals surface area contributed by atoms with Crippen LogP contribution < -0.4 is 0 Å². The van der Waals surface area contributed by atoms with E-state index in [0.717, 1.165) is 12.2 Å². The van der Waals surface area contributed by atoms with Crippen molar-refractivity contribution in [3.8, 4) is 0 Å². The molecule has 1 fully saturated rings. The molecule has 0 saturated carbocycles. The largest absolute Gasteiger partial charge is 0.273 e. The molecule has 2 aliphatic heterocycles. The van der Waals surface area contributed by atoms with Gasteiger partial charge in [-0.05, 0) is 24.3 Å². The highest BCUT2D eigenvalue weighted by atomic mass is 33.1. The van der Waals surface area contributed by atoms with E-state index in [2.05, 4.69) is 11.7 Å². The number of benzene rings is 1. The summed E-state index contributed by atoms with van der Waals surface area (Å²) in [6.07, 6.45) is 1.02. The lowest BCUT2D eigenvalue weighted by molar-refractivity contribution is 0.0655. The van der Waals surface area contributed by atoms with Crippen molar-refractivity contribution in [1.82, 2.24) is 4.90 Å². The molecule has 0 radical (unpaired) electrons. The summed E-state index contributed by atoms with van der Waals surface area (Å²) in [7, 11) is 0.0709. The fourth-order valence-electron chi connectivity index (χ4n) is 2.48. The first-order valence-electron chi connectivity index (χ1n) is 6.08. The van der Waals surface area contributed by atoms with Crippen LogP contribution in [0.25, 0.3) is 0 Å². The van der Waals surface area contributed by atoms with Crippen LogP contribution >= 0.6 is 19.0 Å². The molecule has 0 spiro atoms. The lowest BCUT2D eigenvalue weighted by atomic mass is 10.1. The third-order valence-corrected chi connectivity index (χ3v) is 9.16. The molecule has 0 aliphatic carbocycles. The van der Waals surface area contributed by atoms with Gasteiger partial charge in [0.25, 0.3) is 11.8 Å². The van der Waals surface area contributed by atoms with Crippen LogP contribution in [0.4, 0.5) is 0 Å². The van der Waals surface area contributed by atoms with E-state index >= 15 is 0 Å². The van der Waals surface area contributed by atoms with Gasteiger partial charge in [0.1, 0.15) is 0 Å². The lowest BCUT2D eigenvalue weighted by Gasteiger charge is -2.19. The minimum absolute atomic E-state index is 0.0260. The second-order valence-electron chi connectivity index (χ2n) is 4.70. The van der Waals surface area contributed by atoms with E-state index in [1.165, 1.54) is 4.90 Å². The van der Waals surface area contributed by atoms with Crippen LogP contribution in [0.15, 0.2) is 24.3 Å². The van der Waals surface area contributed by atoms with E-state index in [0.29, 0.717) is 22.9 Å². The summed E-state index contributed by atoms with van der Waals surface area (Å²) in [6.45, 7) is 0.498. The second-order valence-corrected chi connectivity index (χ2v) is 10.1. The molecule has 3 atom stereocenters. The van der Waals surface area contributed by atoms with Gasteiger partial charge >= 0.3 is 0 Å². The second kappa shape index (κ2) is 4.72. The van der Waals surface area contributed by atoms with Crippen molar-refractivity contribution in [1.29, 1.82) is 0 Å². The van der Waals surface area contributed by atoms with E-state index in [1.807, 2.05) is 0 Å². The minimum atomic E-state index is -0.159. The van der Waals surface area contributed by atoms with E-state index < -0.39 is 0 Å². The van der Waals surface area contributed by atoms with Gasteiger partial charge in [0.15, 0.2) is 0 Å². The van der Waals surface area contributed by atoms with Crippen LogP contribution in [0.1, 0.15) is 27.1 Å². The highest BCUT2D eigenvalue weighted by molar-refractivity contribution is 8.89. The first-order valence-corrected chi connectivity index (χ1v) is 9.62. The van der Waals surface area contributed by atoms with Crippen LogP contribution in [0, 0.1) is 0 Å². The minimum Gasteiger partial charge on any atom is -0.273 e. The van der Waals surface area contributed by atoms with Crippen molar-refractivity contribution in [3.05, 3.63) is 35.4 Å². The molecule has 3 nitrogen and oxygen atoms in total. The van der Waals surface area contributed by atoms with Gasteiger partial charge in [0, 0.05) is 11.8 Å². The first kappa shape index (κ1) is 12.8. The molecule has 100 valence electrons. The molecule has 1 aromatic carbocycles. The van der Waals surface area contributed by atoms with E-state index in [1.54, 1.807) is 24.3 Å².